The van der Waals surface area contributed by atoms with Gasteiger partial charge in [0.15, 0.2) is 0 Å². The second-order valence-electron chi connectivity index (χ2n) is 5.77. The standard InChI is InChI=1S/C14H22N4O2/c1-10(9-18-4-6-20-7-5-18)15-14(19)13-8-12(16-17-13)11-2-3-11/h8,10-11H,2-7,9H2,1H3,(H,15,19)(H,16,17). The van der Waals surface area contributed by atoms with E-state index in [1.165, 1.54) is 12.8 Å². The van der Waals surface area contributed by atoms with Crippen molar-refractivity contribution in [3.8, 4) is 0 Å². The number of nitrogens with one attached hydrogen (secondary N) is 2. The molecule has 2 fully saturated rings. The second kappa shape index (κ2) is 5.93. The fraction of sp³-hybridized carbons (Fsp3) is 0.714. The zero-order valence-electron chi connectivity index (χ0n) is 11.9. The number of hydrogen-bond donors (Lipinski definition) is 2. The Morgan fingerprint density at radius 2 is 2.30 bits per heavy atom. The smallest absolute Gasteiger partial charge is 0.272 e. The van der Waals surface area contributed by atoms with Crippen molar-refractivity contribution in [3.63, 3.8) is 0 Å². The third-order valence-corrected chi connectivity index (χ3v) is 3.86. The molecule has 1 saturated carbocycles. The molecule has 3 rings (SSSR count). The Morgan fingerprint density at radius 1 is 1.55 bits per heavy atom. The molecule has 0 bridgehead atoms. The normalized spacial score (nSPS) is 21.6. The molecular weight excluding hydrogens is 256 g/mol. The van der Waals surface area contributed by atoms with Gasteiger partial charge < -0.3 is 10.1 Å². The molecule has 20 heavy (non-hydrogen) atoms. The average molecular weight is 278 g/mol. The molecule has 1 amide bonds. The fourth-order valence-corrected chi connectivity index (χ4v) is 2.57. The Labute approximate surface area is 118 Å². The van der Waals surface area contributed by atoms with Crippen LogP contribution in [-0.4, -0.2) is 59.9 Å². The lowest BCUT2D eigenvalue weighted by Crippen LogP contribution is -2.46. The van der Waals surface area contributed by atoms with Crippen molar-refractivity contribution in [2.75, 3.05) is 32.8 Å². The van der Waals surface area contributed by atoms with E-state index in [2.05, 4.69) is 20.4 Å². The lowest BCUT2D eigenvalue weighted by Gasteiger charge is -2.29. The number of amides is 1. The van der Waals surface area contributed by atoms with Crippen LogP contribution in [0.3, 0.4) is 0 Å². The number of H-pyrrole nitrogens is 1. The van der Waals surface area contributed by atoms with Crippen LogP contribution in [0.4, 0.5) is 0 Å². The maximum Gasteiger partial charge on any atom is 0.272 e. The zero-order chi connectivity index (χ0) is 13.9. The zero-order valence-corrected chi connectivity index (χ0v) is 11.9. The minimum Gasteiger partial charge on any atom is -0.379 e. The SMILES string of the molecule is CC(CN1CCOCC1)NC(=O)c1cc(C2CC2)[nH]n1. The summed E-state index contributed by atoms with van der Waals surface area (Å²) < 4.78 is 5.32. The molecule has 1 saturated heterocycles. The van der Waals surface area contributed by atoms with Crippen LogP contribution < -0.4 is 5.32 Å². The van der Waals surface area contributed by atoms with Crippen LogP contribution in [0.1, 0.15) is 41.9 Å². The molecule has 2 aliphatic rings. The van der Waals surface area contributed by atoms with E-state index in [1.54, 1.807) is 0 Å². The number of rotatable bonds is 5. The molecule has 0 aromatic carbocycles. The van der Waals surface area contributed by atoms with Crippen LogP contribution in [0, 0.1) is 0 Å². The lowest BCUT2D eigenvalue weighted by molar-refractivity contribution is 0.0342. The Hall–Kier alpha value is -1.40. The quantitative estimate of drug-likeness (QED) is 0.833. The fourth-order valence-electron chi connectivity index (χ4n) is 2.57. The van der Waals surface area contributed by atoms with Crippen molar-refractivity contribution < 1.29 is 9.53 Å². The van der Waals surface area contributed by atoms with Gasteiger partial charge in [-0.05, 0) is 25.8 Å². The summed E-state index contributed by atoms with van der Waals surface area (Å²) in [7, 11) is 0. The van der Waals surface area contributed by atoms with Gasteiger partial charge in [-0.2, -0.15) is 5.10 Å². The summed E-state index contributed by atoms with van der Waals surface area (Å²) in [6.07, 6.45) is 2.41. The summed E-state index contributed by atoms with van der Waals surface area (Å²) in [6, 6.07) is 2.00. The molecule has 1 unspecified atom stereocenters. The predicted octanol–water partition coefficient (Wildman–Crippen LogP) is 0.738. The number of morpholine rings is 1. The third-order valence-electron chi connectivity index (χ3n) is 3.86. The van der Waals surface area contributed by atoms with Crippen molar-refractivity contribution in [1.82, 2.24) is 20.4 Å². The van der Waals surface area contributed by atoms with Crippen LogP contribution in [0.25, 0.3) is 0 Å². The Morgan fingerprint density at radius 3 is 3.00 bits per heavy atom. The third kappa shape index (κ3) is 3.37. The minimum absolute atomic E-state index is 0.0890. The van der Waals surface area contributed by atoms with Crippen molar-refractivity contribution >= 4 is 5.91 Å². The first-order valence-electron chi connectivity index (χ1n) is 7.38. The summed E-state index contributed by atoms with van der Waals surface area (Å²) in [5.74, 6) is 0.503. The predicted molar refractivity (Wildman–Crippen MR) is 74.7 cm³/mol. The van der Waals surface area contributed by atoms with E-state index in [4.69, 9.17) is 4.74 Å². The molecule has 1 atom stereocenters. The largest absolute Gasteiger partial charge is 0.379 e. The number of nitrogens with zero attached hydrogens (tertiary/aromatic N) is 2. The number of ether oxygens (including phenoxy) is 1. The summed E-state index contributed by atoms with van der Waals surface area (Å²) in [4.78, 5) is 14.4. The van der Waals surface area contributed by atoms with Gasteiger partial charge in [-0.3, -0.25) is 14.8 Å². The van der Waals surface area contributed by atoms with Crippen LogP contribution in [0.2, 0.25) is 0 Å². The van der Waals surface area contributed by atoms with Crippen LogP contribution in [0.15, 0.2) is 6.07 Å². The molecule has 2 N–H and O–H groups in total. The molecule has 0 spiro atoms. The first-order valence-corrected chi connectivity index (χ1v) is 7.38. The van der Waals surface area contributed by atoms with Crippen molar-refractivity contribution in [2.24, 2.45) is 0 Å². The van der Waals surface area contributed by atoms with Gasteiger partial charge in [0.05, 0.1) is 13.2 Å². The molecular formula is C14H22N4O2. The van der Waals surface area contributed by atoms with Gasteiger partial charge in [-0.1, -0.05) is 0 Å². The van der Waals surface area contributed by atoms with E-state index >= 15 is 0 Å². The molecule has 0 radical (unpaired) electrons. The number of carbonyl (C=O) groups is 1. The highest BCUT2D eigenvalue weighted by Crippen LogP contribution is 2.38. The monoisotopic (exact) mass is 278 g/mol. The number of aromatic nitrogens is 2. The summed E-state index contributed by atoms with van der Waals surface area (Å²) in [5.41, 5.74) is 1.59. The summed E-state index contributed by atoms with van der Waals surface area (Å²) in [5, 5.41) is 10.1. The lowest BCUT2D eigenvalue weighted by atomic mass is 10.2. The summed E-state index contributed by atoms with van der Waals surface area (Å²) in [6.45, 7) is 6.33. The molecule has 110 valence electrons. The highest BCUT2D eigenvalue weighted by molar-refractivity contribution is 5.92. The maximum atomic E-state index is 12.1. The summed E-state index contributed by atoms with van der Waals surface area (Å²) >= 11 is 0. The van der Waals surface area contributed by atoms with Crippen molar-refractivity contribution in [1.29, 1.82) is 0 Å². The number of aromatic amines is 1. The van der Waals surface area contributed by atoms with Crippen LogP contribution >= 0.6 is 0 Å². The second-order valence-corrected chi connectivity index (χ2v) is 5.77. The molecule has 6 heteroatoms. The Balaban J connectivity index is 1.49. The van der Waals surface area contributed by atoms with Gasteiger partial charge in [0, 0.05) is 37.3 Å². The van der Waals surface area contributed by atoms with Gasteiger partial charge >= 0.3 is 0 Å². The van der Waals surface area contributed by atoms with Crippen molar-refractivity contribution in [3.05, 3.63) is 17.5 Å². The first kappa shape index (κ1) is 13.6. The van der Waals surface area contributed by atoms with Gasteiger partial charge in [0.25, 0.3) is 5.91 Å². The number of carbonyl (C=O) groups excluding carboxylic acids is 1. The maximum absolute atomic E-state index is 12.1. The van der Waals surface area contributed by atoms with E-state index in [0.717, 1.165) is 38.5 Å². The molecule has 1 aliphatic carbocycles. The van der Waals surface area contributed by atoms with E-state index < -0.39 is 0 Å². The van der Waals surface area contributed by atoms with Crippen LogP contribution in [0.5, 0.6) is 0 Å². The first-order chi connectivity index (χ1) is 9.72. The van der Waals surface area contributed by atoms with Crippen LogP contribution in [-0.2, 0) is 4.74 Å². The van der Waals surface area contributed by atoms with Crippen molar-refractivity contribution in [2.45, 2.75) is 31.7 Å². The minimum atomic E-state index is -0.0890. The van der Waals surface area contributed by atoms with E-state index in [0.29, 0.717) is 11.6 Å². The van der Waals surface area contributed by atoms with E-state index in [9.17, 15) is 4.79 Å². The van der Waals surface area contributed by atoms with E-state index in [-0.39, 0.29) is 11.9 Å². The topological polar surface area (TPSA) is 70.2 Å². The molecule has 2 heterocycles. The van der Waals surface area contributed by atoms with E-state index in [1.807, 2.05) is 13.0 Å². The van der Waals surface area contributed by atoms with Gasteiger partial charge in [0.2, 0.25) is 0 Å². The average Bonchev–Trinajstić information content (AvgIpc) is 3.17. The van der Waals surface area contributed by atoms with Gasteiger partial charge in [0.1, 0.15) is 5.69 Å². The van der Waals surface area contributed by atoms with Gasteiger partial charge in [-0.15, -0.1) is 0 Å². The Kier molecular flexibility index (Phi) is 4.03. The molecule has 1 aromatic heterocycles. The molecule has 1 aliphatic heterocycles. The highest BCUT2D eigenvalue weighted by atomic mass is 16.5. The van der Waals surface area contributed by atoms with Gasteiger partial charge in [-0.25, -0.2) is 0 Å². The Bertz CT molecular complexity index is 463. The highest BCUT2D eigenvalue weighted by Gasteiger charge is 2.26. The molecule has 1 aromatic rings. The number of hydrogen-bond acceptors (Lipinski definition) is 4. The molecule has 6 nitrogen and oxygen atoms in total.